The molecule has 4 rings (SSSR count). The highest BCUT2D eigenvalue weighted by molar-refractivity contribution is 7.99. The second-order valence-electron chi connectivity index (χ2n) is 10.5. The van der Waals surface area contributed by atoms with E-state index in [1.807, 2.05) is 36.4 Å². The minimum absolute atomic E-state index is 0.402. The van der Waals surface area contributed by atoms with Crippen molar-refractivity contribution >= 4 is 29.7 Å². The highest BCUT2D eigenvalue weighted by Crippen LogP contribution is 2.33. The molecule has 10 heteroatoms. The SMILES string of the molecule is CCCCCCCN(CCCCCSc1nc(-c2ccccc2)c(-c2ccccc2)[nH]1)C(=O)NSc1c(F)cc(F)cc1F. The molecule has 5 nitrogen and oxygen atoms in total. The van der Waals surface area contributed by atoms with Gasteiger partial charge in [0, 0.05) is 42.1 Å². The summed E-state index contributed by atoms with van der Waals surface area (Å²) < 4.78 is 43.9. The number of nitrogens with one attached hydrogen (secondary N) is 2. The van der Waals surface area contributed by atoms with Crippen LogP contribution in [0.2, 0.25) is 0 Å². The zero-order chi connectivity index (χ0) is 31.1. The molecule has 234 valence electrons. The molecule has 0 saturated heterocycles. The summed E-state index contributed by atoms with van der Waals surface area (Å²) in [5.41, 5.74) is 4.07. The van der Waals surface area contributed by atoms with E-state index in [4.69, 9.17) is 4.98 Å². The topological polar surface area (TPSA) is 61.0 Å². The van der Waals surface area contributed by atoms with E-state index in [1.165, 1.54) is 0 Å². The van der Waals surface area contributed by atoms with Gasteiger partial charge in [0.15, 0.2) is 5.16 Å². The predicted octanol–water partition coefficient (Wildman–Crippen LogP) is 10.1. The number of unbranched alkanes of at least 4 members (excludes halogenated alkanes) is 6. The Balaban J connectivity index is 1.28. The summed E-state index contributed by atoms with van der Waals surface area (Å²) in [6, 6.07) is 21.1. The Hall–Kier alpha value is -3.37. The molecule has 2 N–H and O–H groups in total. The second-order valence-corrected chi connectivity index (χ2v) is 12.4. The first-order valence-corrected chi connectivity index (χ1v) is 17.0. The summed E-state index contributed by atoms with van der Waals surface area (Å²) >= 11 is 2.22. The van der Waals surface area contributed by atoms with Crippen molar-refractivity contribution in [2.75, 3.05) is 18.8 Å². The second kappa shape index (κ2) is 17.8. The Morgan fingerprint density at radius 3 is 2.05 bits per heavy atom. The Morgan fingerprint density at radius 1 is 0.818 bits per heavy atom. The van der Waals surface area contributed by atoms with Crippen molar-refractivity contribution in [1.82, 2.24) is 19.6 Å². The lowest BCUT2D eigenvalue weighted by molar-refractivity contribution is 0.202. The van der Waals surface area contributed by atoms with Gasteiger partial charge < -0.3 is 9.88 Å². The van der Waals surface area contributed by atoms with Gasteiger partial charge in [-0.05, 0) is 31.2 Å². The summed E-state index contributed by atoms with van der Waals surface area (Å²) in [5, 5.41) is 0.869. The third kappa shape index (κ3) is 10.1. The average Bonchev–Trinajstić information content (AvgIpc) is 3.46. The third-order valence-electron chi connectivity index (χ3n) is 7.13. The molecular formula is C34H39F3N4OS2. The summed E-state index contributed by atoms with van der Waals surface area (Å²) in [6.45, 7) is 3.26. The van der Waals surface area contributed by atoms with Crippen molar-refractivity contribution in [1.29, 1.82) is 0 Å². The van der Waals surface area contributed by atoms with Gasteiger partial charge in [-0.3, -0.25) is 4.72 Å². The predicted molar refractivity (Wildman–Crippen MR) is 175 cm³/mol. The normalized spacial score (nSPS) is 11.1. The number of benzene rings is 3. The molecule has 0 bridgehead atoms. The van der Waals surface area contributed by atoms with Crippen molar-refractivity contribution in [2.45, 2.75) is 68.3 Å². The van der Waals surface area contributed by atoms with Crippen LogP contribution in [0.15, 0.2) is 82.8 Å². The number of thioether (sulfide) groups is 1. The Bertz CT molecular complexity index is 1370. The standard InChI is InChI=1S/C34H39F3N4OS2/c1-2-3-4-5-13-20-41(34(42)40-44-32-28(36)23-27(35)24-29(32)37)21-14-8-15-22-43-33-38-30(25-16-9-6-10-17-25)31(39-33)26-18-11-7-12-19-26/h6-7,9-12,16-19,23-24H,2-5,8,13-15,20-22H2,1H3,(H,38,39)(H,40,42). The number of amides is 2. The number of H-pyrrole nitrogens is 1. The van der Waals surface area contributed by atoms with Crippen LogP contribution in [0.4, 0.5) is 18.0 Å². The van der Waals surface area contributed by atoms with Crippen molar-refractivity contribution in [3.05, 3.63) is 90.2 Å². The molecular weight excluding hydrogens is 602 g/mol. The maximum absolute atomic E-state index is 14.0. The first-order valence-electron chi connectivity index (χ1n) is 15.2. The number of aromatic amines is 1. The van der Waals surface area contributed by atoms with Crippen molar-refractivity contribution in [2.24, 2.45) is 0 Å². The number of nitrogens with zero attached hydrogens (tertiary/aromatic N) is 2. The van der Waals surface area contributed by atoms with Gasteiger partial charge in [0.05, 0.1) is 11.4 Å². The summed E-state index contributed by atoms with van der Waals surface area (Å²) in [4.78, 5) is 22.7. The van der Waals surface area contributed by atoms with Crippen LogP contribution in [0.3, 0.4) is 0 Å². The lowest BCUT2D eigenvalue weighted by atomic mass is 10.1. The number of halogens is 3. The average molecular weight is 641 g/mol. The highest BCUT2D eigenvalue weighted by atomic mass is 32.2. The number of carbonyl (C=O) groups is 1. The van der Waals surface area contributed by atoms with E-state index < -0.39 is 28.4 Å². The fraction of sp³-hybridized carbons (Fsp3) is 0.353. The van der Waals surface area contributed by atoms with Gasteiger partial charge in [-0.1, -0.05) is 111 Å². The molecule has 0 fully saturated rings. The summed E-state index contributed by atoms with van der Waals surface area (Å²) in [5.74, 6) is -2.21. The Labute approximate surface area is 266 Å². The number of hydrogen-bond acceptors (Lipinski definition) is 4. The van der Waals surface area contributed by atoms with E-state index in [-0.39, 0.29) is 0 Å². The summed E-state index contributed by atoms with van der Waals surface area (Å²) in [6.07, 6.45) is 7.92. The minimum atomic E-state index is -1.04. The van der Waals surface area contributed by atoms with E-state index in [1.54, 1.807) is 16.7 Å². The number of urea groups is 1. The first kappa shape index (κ1) is 33.5. The van der Waals surface area contributed by atoms with Crippen molar-refractivity contribution in [3.63, 3.8) is 0 Å². The smallest absolute Gasteiger partial charge is 0.327 e. The largest absolute Gasteiger partial charge is 0.332 e. The van der Waals surface area contributed by atoms with Gasteiger partial charge in [-0.2, -0.15) is 0 Å². The zero-order valence-corrected chi connectivity index (χ0v) is 26.6. The van der Waals surface area contributed by atoms with Crippen LogP contribution < -0.4 is 4.72 Å². The third-order valence-corrected chi connectivity index (χ3v) is 8.96. The van der Waals surface area contributed by atoms with Crippen LogP contribution in [0, 0.1) is 17.5 Å². The van der Waals surface area contributed by atoms with Crippen LogP contribution in [-0.2, 0) is 0 Å². The van der Waals surface area contributed by atoms with E-state index in [2.05, 4.69) is 40.9 Å². The highest BCUT2D eigenvalue weighted by Gasteiger charge is 2.18. The van der Waals surface area contributed by atoms with Gasteiger partial charge in [0.25, 0.3) is 0 Å². The molecule has 4 aromatic rings. The maximum Gasteiger partial charge on any atom is 0.327 e. The monoisotopic (exact) mass is 640 g/mol. The van der Waals surface area contributed by atoms with Gasteiger partial charge in [-0.15, -0.1) is 0 Å². The molecule has 0 atom stereocenters. The molecule has 0 radical (unpaired) electrons. The van der Waals surface area contributed by atoms with E-state index in [0.717, 1.165) is 84.8 Å². The number of hydrogen-bond donors (Lipinski definition) is 2. The zero-order valence-electron chi connectivity index (χ0n) is 25.0. The number of aromatic nitrogens is 2. The van der Waals surface area contributed by atoms with Crippen LogP contribution in [0.1, 0.15) is 58.3 Å². The first-order chi connectivity index (χ1) is 21.5. The molecule has 2 amide bonds. The fourth-order valence-electron chi connectivity index (χ4n) is 4.80. The van der Waals surface area contributed by atoms with Gasteiger partial charge in [-0.25, -0.2) is 22.9 Å². The van der Waals surface area contributed by atoms with E-state index in [9.17, 15) is 18.0 Å². The molecule has 3 aromatic carbocycles. The molecule has 0 spiro atoms. The van der Waals surface area contributed by atoms with Crippen molar-refractivity contribution in [3.8, 4) is 22.5 Å². The molecule has 0 aliphatic carbocycles. The van der Waals surface area contributed by atoms with E-state index >= 15 is 0 Å². The molecule has 44 heavy (non-hydrogen) atoms. The lowest BCUT2D eigenvalue weighted by Gasteiger charge is -2.23. The number of imidazole rings is 1. The molecule has 0 aliphatic heterocycles. The van der Waals surface area contributed by atoms with Gasteiger partial charge in [0.2, 0.25) is 0 Å². The summed E-state index contributed by atoms with van der Waals surface area (Å²) in [7, 11) is 0. The Kier molecular flexibility index (Phi) is 13.6. The minimum Gasteiger partial charge on any atom is -0.332 e. The van der Waals surface area contributed by atoms with Crippen LogP contribution in [-0.4, -0.2) is 39.7 Å². The van der Waals surface area contributed by atoms with Gasteiger partial charge in [0.1, 0.15) is 22.3 Å². The molecule has 0 saturated carbocycles. The quantitative estimate of drug-likeness (QED) is 0.0685. The molecule has 1 aromatic heterocycles. The van der Waals surface area contributed by atoms with Crippen molar-refractivity contribution < 1.29 is 18.0 Å². The Morgan fingerprint density at radius 2 is 1.41 bits per heavy atom. The molecule has 0 aliphatic rings. The number of rotatable bonds is 17. The van der Waals surface area contributed by atoms with Crippen LogP contribution >= 0.6 is 23.7 Å². The molecule has 1 heterocycles. The maximum atomic E-state index is 14.0. The van der Waals surface area contributed by atoms with E-state index in [0.29, 0.717) is 37.2 Å². The van der Waals surface area contributed by atoms with Crippen LogP contribution in [0.25, 0.3) is 22.5 Å². The molecule has 0 unspecified atom stereocenters. The number of carbonyl (C=O) groups excluding carboxylic acids is 1. The fourth-order valence-corrected chi connectivity index (χ4v) is 6.30. The van der Waals surface area contributed by atoms with Crippen LogP contribution in [0.5, 0.6) is 0 Å². The lowest BCUT2D eigenvalue weighted by Crippen LogP contribution is -2.38. The van der Waals surface area contributed by atoms with Gasteiger partial charge >= 0.3 is 6.03 Å².